The van der Waals surface area contributed by atoms with Crippen molar-refractivity contribution in [3.05, 3.63) is 0 Å². The van der Waals surface area contributed by atoms with Crippen molar-refractivity contribution in [3.63, 3.8) is 0 Å². The Kier molecular flexibility index (Phi) is 11.6. The zero-order chi connectivity index (χ0) is 14.1. The van der Waals surface area contributed by atoms with Gasteiger partial charge in [0.25, 0.3) is 0 Å². The molecule has 0 aromatic carbocycles. The van der Waals surface area contributed by atoms with E-state index in [1.54, 1.807) is 0 Å². The predicted octanol–water partition coefficient (Wildman–Crippen LogP) is 2.83. The molecule has 0 heterocycles. The molecule has 0 bridgehead atoms. The lowest BCUT2D eigenvalue weighted by Crippen LogP contribution is -2.43. The van der Waals surface area contributed by atoms with Gasteiger partial charge in [0, 0.05) is 38.3 Å². The van der Waals surface area contributed by atoms with Crippen LogP contribution in [0.25, 0.3) is 0 Å². The maximum absolute atomic E-state index is 4.58. The van der Waals surface area contributed by atoms with Crippen LogP contribution >= 0.6 is 24.0 Å². The van der Waals surface area contributed by atoms with Crippen LogP contribution in [0.1, 0.15) is 53.4 Å². The first-order chi connectivity index (χ1) is 9.19. The molecule has 4 nitrogen and oxygen atoms in total. The van der Waals surface area contributed by atoms with Crippen LogP contribution in [0.2, 0.25) is 0 Å². The van der Waals surface area contributed by atoms with Crippen molar-refractivity contribution in [2.24, 2.45) is 4.99 Å². The Morgan fingerprint density at radius 2 is 1.95 bits per heavy atom. The van der Waals surface area contributed by atoms with Crippen molar-refractivity contribution < 1.29 is 0 Å². The van der Waals surface area contributed by atoms with E-state index < -0.39 is 0 Å². The average Bonchev–Trinajstić information content (AvgIpc) is 3.18. The Bertz CT molecular complexity index is 263. The van der Waals surface area contributed by atoms with E-state index >= 15 is 0 Å². The Morgan fingerprint density at radius 3 is 2.45 bits per heavy atom. The van der Waals surface area contributed by atoms with Crippen molar-refractivity contribution >= 4 is 29.9 Å². The van der Waals surface area contributed by atoms with Crippen molar-refractivity contribution in [2.75, 3.05) is 26.2 Å². The largest absolute Gasteiger partial charge is 0.357 e. The van der Waals surface area contributed by atoms with Gasteiger partial charge in [0.2, 0.25) is 0 Å². The third kappa shape index (κ3) is 8.29. The van der Waals surface area contributed by atoms with E-state index in [1.165, 1.54) is 19.3 Å². The van der Waals surface area contributed by atoms with E-state index in [0.717, 1.165) is 44.6 Å². The fourth-order valence-corrected chi connectivity index (χ4v) is 2.26. The standard InChI is InChI=1S/C15H32N4.HI/c1-5-7-10-17-15(16-6-2)18-11-12-19(13(3)4)14-8-9-14;/h13-14H,5-12H2,1-4H3,(H2,16,17,18);1H. The number of halogens is 1. The molecular weight excluding hydrogens is 363 g/mol. The fourth-order valence-electron chi connectivity index (χ4n) is 2.26. The quantitative estimate of drug-likeness (QED) is 0.273. The van der Waals surface area contributed by atoms with E-state index in [-0.39, 0.29) is 24.0 Å². The van der Waals surface area contributed by atoms with Crippen LogP contribution in [-0.2, 0) is 0 Å². The van der Waals surface area contributed by atoms with Crippen LogP contribution in [0.3, 0.4) is 0 Å². The number of guanidine groups is 1. The number of nitrogens with zero attached hydrogens (tertiary/aromatic N) is 2. The van der Waals surface area contributed by atoms with Gasteiger partial charge in [0.1, 0.15) is 0 Å². The summed E-state index contributed by atoms with van der Waals surface area (Å²) >= 11 is 0. The normalized spacial score (nSPS) is 15.4. The number of rotatable bonds is 9. The van der Waals surface area contributed by atoms with Gasteiger partial charge in [-0.05, 0) is 40.0 Å². The van der Waals surface area contributed by atoms with Gasteiger partial charge in [-0.25, -0.2) is 0 Å². The van der Waals surface area contributed by atoms with Crippen LogP contribution < -0.4 is 10.6 Å². The molecule has 120 valence electrons. The van der Waals surface area contributed by atoms with E-state index in [4.69, 9.17) is 0 Å². The monoisotopic (exact) mass is 396 g/mol. The fraction of sp³-hybridized carbons (Fsp3) is 0.933. The predicted molar refractivity (Wildman–Crippen MR) is 99.2 cm³/mol. The zero-order valence-electron chi connectivity index (χ0n) is 13.6. The molecule has 0 unspecified atom stereocenters. The molecule has 1 saturated carbocycles. The molecule has 20 heavy (non-hydrogen) atoms. The van der Waals surface area contributed by atoms with Crippen LogP contribution in [0, 0.1) is 0 Å². The maximum atomic E-state index is 4.58. The van der Waals surface area contributed by atoms with Gasteiger partial charge in [0.05, 0.1) is 0 Å². The molecule has 5 heteroatoms. The third-order valence-electron chi connectivity index (χ3n) is 3.47. The van der Waals surface area contributed by atoms with Crippen LogP contribution in [-0.4, -0.2) is 49.1 Å². The summed E-state index contributed by atoms with van der Waals surface area (Å²) in [7, 11) is 0. The van der Waals surface area contributed by atoms with Gasteiger partial charge in [0.15, 0.2) is 5.96 Å². The molecule has 0 radical (unpaired) electrons. The molecule has 0 saturated heterocycles. The Balaban J connectivity index is 0.00000361. The SMILES string of the molecule is CCCCN=C(NCC)NCCN(C(C)C)C1CC1.I. The lowest BCUT2D eigenvalue weighted by Gasteiger charge is -2.26. The average molecular weight is 396 g/mol. The molecular formula is C15H33IN4. The summed E-state index contributed by atoms with van der Waals surface area (Å²) in [6, 6.07) is 1.48. The summed E-state index contributed by atoms with van der Waals surface area (Å²) < 4.78 is 0. The number of hydrogen-bond acceptors (Lipinski definition) is 2. The second-order valence-corrected chi connectivity index (χ2v) is 5.60. The van der Waals surface area contributed by atoms with Gasteiger partial charge >= 0.3 is 0 Å². The molecule has 0 aromatic heterocycles. The van der Waals surface area contributed by atoms with Gasteiger partial charge in [-0.1, -0.05) is 13.3 Å². The second-order valence-electron chi connectivity index (χ2n) is 5.60. The topological polar surface area (TPSA) is 39.7 Å². The highest BCUT2D eigenvalue weighted by molar-refractivity contribution is 14.0. The minimum atomic E-state index is 0. The first-order valence-corrected chi connectivity index (χ1v) is 7.96. The first kappa shape index (κ1) is 20.0. The molecule has 1 aliphatic rings. The van der Waals surface area contributed by atoms with E-state index in [2.05, 4.69) is 48.2 Å². The minimum absolute atomic E-state index is 0. The lowest BCUT2D eigenvalue weighted by atomic mass is 10.3. The zero-order valence-corrected chi connectivity index (χ0v) is 15.9. The lowest BCUT2D eigenvalue weighted by molar-refractivity contribution is 0.215. The number of aliphatic imine (C=N–C) groups is 1. The summed E-state index contributed by atoms with van der Waals surface area (Å²) in [5, 5.41) is 6.75. The number of nitrogens with one attached hydrogen (secondary N) is 2. The highest BCUT2D eigenvalue weighted by Crippen LogP contribution is 2.27. The van der Waals surface area contributed by atoms with E-state index in [1.807, 2.05) is 0 Å². The van der Waals surface area contributed by atoms with Crippen LogP contribution in [0.5, 0.6) is 0 Å². The summed E-state index contributed by atoms with van der Waals surface area (Å²) in [6.45, 7) is 12.8. The second kappa shape index (κ2) is 11.6. The molecule has 0 amide bonds. The summed E-state index contributed by atoms with van der Waals surface area (Å²) in [5.41, 5.74) is 0. The molecule has 0 aromatic rings. The van der Waals surface area contributed by atoms with Crippen molar-refractivity contribution in [1.29, 1.82) is 0 Å². The van der Waals surface area contributed by atoms with Gasteiger partial charge in [-0.15, -0.1) is 24.0 Å². The number of hydrogen-bond donors (Lipinski definition) is 2. The Hall–Kier alpha value is -0.0400. The summed E-state index contributed by atoms with van der Waals surface area (Å²) in [5.74, 6) is 0.968. The molecule has 2 N–H and O–H groups in total. The first-order valence-electron chi connectivity index (χ1n) is 7.96. The third-order valence-corrected chi connectivity index (χ3v) is 3.47. The highest BCUT2D eigenvalue weighted by atomic mass is 127. The van der Waals surface area contributed by atoms with Crippen LogP contribution in [0.4, 0.5) is 0 Å². The van der Waals surface area contributed by atoms with Crippen molar-refractivity contribution in [1.82, 2.24) is 15.5 Å². The van der Waals surface area contributed by atoms with Gasteiger partial charge in [-0.2, -0.15) is 0 Å². The maximum Gasteiger partial charge on any atom is 0.191 e. The smallest absolute Gasteiger partial charge is 0.191 e. The Morgan fingerprint density at radius 1 is 1.25 bits per heavy atom. The van der Waals surface area contributed by atoms with E-state index in [0.29, 0.717) is 6.04 Å². The molecule has 1 aliphatic carbocycles. The minimum Gasteiger partial charge on any atom is -0.357 e. The molecule has 0 spiro atoms. The Labute approximate surface area is 142 Å². The summed E-state index contributed by atoms with van der Waals surface area (Å²) in [4.78, 5) is 7.18. The van der Waals surface area contributed by atoms with Crippen molar-refractivity contribution in [3.8, 4) is 0 Å². The highest BCUT2D eigenvalue weighted by Gasteiger charge is 2.29. The summed E-state index contributed by atoms with van der Waals surface area (Å²) in [6.07, 6.45) is 5.12. The van der Waals surface area contributed by atoms with Crippen molar-refractivity contribution in [2.45, 2.75) is 65.5 Å². The molecule has 0 aliphatic heterocycles. The molecule has 0 atom stereocenters. The molecule has 1 fully saturated rings. The van der Waals surface area contributed by atoms with E-state index in [9.17, 15) is 0 Å². The number of unbranched alkanes of at least 4 members (excludes halogenated alkanes) is 1. The van der Waals surface area contributed by atoms with Crippen LogP contribution in [0.15, 0.2) is 4.99 Å². The van der Waals surface area contributed by atoms with Gasteiger partial charge in [-0.3, -0.25) is 9.89 Å². The van der Waals surface area contributed by atoms with Gasteiger partial charge < -0.3 is 10.6 Å². The molecule has 1 rings (SSSR count).